The first-order chi connectivity index (χ1) is 14.7. The molecule has 0 saturated carbocycles. The Bertz CT molecular complexity index is 577. The topological polar surface area (TPSA) is 103 Å². The lowest BCUT2D eigenvalue weighted by atomic mass is 10.2. The van der Waals surface area contributed by atoms with Crippen LogP contribution >= 0.6 is 21.6 Å². The number of ether oxygens (including phenoxy) is 3. The van der Waals surface area contributed by atoms with Gasteiger partial charge in [0.1, 0.15) is 5.60 Å². The maximum atomic E-state index is 11.7. The van der Waals surface area contributed by atoms with Gasteiger partial charge in [-0.05, 0) is 39.7 Å². The van der Waals surface area contributed by atoms with Crippen molar-refractivity contribution in [3.63, 3.8) is 0 Å². The van der Waals surface area contributed by atoms with Crippen molar-refractivity contribution in [3.8, 4) is 0 Å². The van der Waals surface area contributed by atoms with Gasteiger partial charge in [-0.1, -0.05) is 21.6 Å². The molecular weight excluding hydrogens is 440 g/mol. The summed E-state index contributed by atoms with van der Waals surface area (Å²) >= 11 is 0. The van der Waals surface area contributed by atoms with E-state index >= 15 is 0 Å². The summed E-state index contributed by atoms with van der Waals surface area (Å²) in [5, 5.41) is 5.88. The highest BCUT2D eigenvalue weighted by Gasteiger charge is 2.13. The van der Waals surface area contributed by atoms with Crippen LogP contribution in [0.15, 0.2) is 24.6 Å². The van der Waals surface area contributed by atoms with Crippen LogP contribution in [0.25, 0.3) is 0 Å². The average Bonchev–Trinajstić information content (AvgIpc) is 2.69. The van der Waals surface area contributed by atoms with Gasteiger partial charge >= 0.3 is 11.9 Å². The first kappa shape index (κ1) is 29.2. The van der Waals surface area contributed by atoms with E-state index in [9.17, 15) is 14.4 Å². The largest absolute Gasteiger partial charge is 0.502 e. The Kier molecular flexibility index (Phi) is 17.8. The van der Waals surface area contributed by atoms with Crippen LogP contribution in [0, 0.1) is 0 Å². The molecule has 0 fully saturated rings. The third-order valence-electron chi connectivity index (χ3n) is 3.28. The van der Waals surface area contributed by atoms with Gasteiger partial charge in [0.25, 0.3) is 0 Å². The summed E-state index contributed by atoms with van der Waals surface area (Å²) in [6.07, 6.45) is 8.31. The fraction of sp³-hybridized carbons (Fsp3) is 0.667. The highest BCUT2D eigenvalue weighted by Crippen LogP contribution is 2.19. The molecule has 0 spiro atoms. The zero-order valence-electron chi connectivity index (χ0n) is 18.9. The van der Waals surface area contributed by atoms with Gasteiger partial charge in [-0.25, -0.2) is 4.79 Å². The molecule has 0 aliphatic heterocycles. The van der Waals surface area contributed by atoms with Gasteiger partial charge in [0.15, 0.2) is 0 Å². The monoisotopic (exact) mass is 476 g/mol. The van der Waals surface area contributed by atoms with Gasteiger partial charge in [-0.2, -0.15) is 0 Å². The standard InChI is InChI=1S/C21H36N2O6S2/c1-21(2,3)29-20(26)10-11-22-12-16-30-31-17-13-23-18(24)8-7-15-28-14-6-5-9-19(25)27-4/h7,10-11,15,22H,5-6,8-9,12-14,16-17H2,1-4H3,(H,23,24)/b11-10-,15-7?. The minimum absolute atomic E-state index is 0.0508. The Morgan fingerprint density at radius 1 is 1.03 bits per heavy atom. The molecule has 0 unspecified atom stereocenters. The van der Waals surface area contributed by atoms with Gasteiger partial charge in [0.2, 0.25) is 5.91 Å². The molecule has 0 aliphatic rings. The van der Waals surface area contributed by atoms with E-state index in [1.807, 2.05) is 20.8 Å². The van der Waals surface area contributed by atoms with Crippen LogP contribution in [-0.2, 0) is 28.6 Å². The summed E-state index contributed by atoms with van der Waals surface area (Å²) in [5.74, 6) is 1.05. The lowest BCUT2D eigenvalue weighted by Crippen LogP contribution is -2.24. The highest BCUT2D eigenvalue weighted by molar-refractivity contribution is 8.76. The van der Waals surface area contributed by atoms with Crippen LogP contribution < -0.4 is 10.6 Å². The Morgan fingerprint density at radius 2 is 1.74 bits per heavy atom. The van der Waals surface area contributed by atoms with E-state index in [1.165, 1.54) is 19.4 Å². The van der Waals surface area contributed by atoms with Crippen LogP contribution in [-0.4, -0.2) is 61.8 Å². The van der Waals surface area contributed by atoms with E-state index in [2.05, 4.69) is 15.4 Å². The predicted octanol–water partition coefficient (Wildman–Crippen LogP) is 3.19. The minimum Gasteiger partial charge on any atom is -0.502 e. The molecular formula is C21H36N2O6S2. The number of esters is 2. The fourth-order valence-electron chi connectivity index (χ4n) is 1.92. The van der Waals surface area contributed by atoms with Crippen molar-refractivity contribution in [2.24, 2.45) is 0 Å². The van der Waals surface area contributed by atoms with E-state index in [-0.39, 0.29) is 24.3 Å². The van der Waals surface area contributed by atoms with Crippen LogP contribution in [0.5, 0.6) is 0 Å². The molecule has 31 heavy (non-hydrogen) atoms. The minimum atomic E-state index is -0.485. The molecule has 0 heterocycles. The van der Waals surface area contributed by atoms with Crippen molar-refractivity contribution in [3.05, 3.63) is 24.6 Å². The SMILES string of the molecule is COC(=O)CCCCOC=CCC(=O)NCCSSCCN/C=C\C(=O)OC(C)(C)C. The second kappa shape index (κ2) is 18.9. The van der Waals surface area contributed by atoms with Crippen LogP contribution in [0.1, 0.15) is 46.5 Å². The zero-order chi connectivity index (χ0) is 23.4. The number of carbonyl (C=O) groups is 3. The normalized spacial score (nSPS) is 11.5. The number of hydrogen-bond donors (Lipinski definition) is 2. The first-order valence-corrected chi connectivity index (χ1v) is 12.7. The van der Waals surface area contributed by atoms with Crippen molar-refractivity contribution < 1.29 is 28.6 Å². The average molecular weight is 477 g/mol. The van der Waals surface area contributed by atoms with Crippen molar-refractivity contribution in [2.75, 3.05) is 38.3 Å². The molecule has 2 N–H and O–H groups in total. The van der Waals surface area contributed by atoms with Crippen LogP contribution in [0.4, 0.5) is 0 Å². The van der Waals surface area contributed by atoms with Gasteiger partial charge in [0, 0.05) is 49.7 Å². The lowest BCUT2D eigenvalue weighted by molar-refractivity contribution is -0.148. The Morgan fingerprint density at radius 3 is 2.42 bits per heavy atom. The molecule has 0 aliphatic carbocycles. The molecule has 0 rings (SSSR count). The van der Waals surface area contributed by atoms with E-state index in [4.69, 9.17) is 9.47 Å². The van der Waals surface area contributed by atoms with Crippen molar-refractivity contribution in [2.45, 2.75) is 52.1 Å². The van der Waals surface area contributed by atoms with Crippen molar-refractivity contribution in [1.29, 1.82) is 0 Å². The highest BCUT2D eigenvalue weighted by atomic mass is 33.1. The summed E-state index contributed by atoms with van der Waals surface area (Å²) in [6.45, 7) is 7.32. The van der Waals surface area contributed by atoms with E-state index in [1.54, 1.807) is 33.9 Å². The molecule has 8 nitrogen and oxygen atoms in total. The molecule has 0 aromatic rings. The third kappa shape index (κ3) is 22.7. The van der Waals surface area contributed by atoms with E-state index in [0.717, 1.165) is 30.9 Å². The van der Waals surface area contributed by atoms with Gasteiger partial charge in [-0.3, -0.25) is 9.59 Å². The molecule has 10 heteroatoms. The summed E-state index contributed by atoms with van der Waals surface area (Å²) in [7, 11) is 4.75. The van der Waals surface area contributed by atoms with Gasteiger partial charge < -0.3 is 24.8 Å². The van der Waals surface area contributed by atoms with E-state index in [0.29, 0.717) is 19.6 Å². The number of methoxy groups -OCH3 is 1. The molecule has 0 aromatic heterocycles. The second-order valence-electron chi connectivity index (χ2n) is 7.29. The molecule has 0 bridgehead atoms. The maximum absolute atomic E-state index is 11.7. The number of carbonyl (C=O) groups excluding carboxylic acids is 3. The van der Waals surface area contributed by atoms with Crippen LogP contribution in [0.2, 0.25) is 0 Å². The first-order valence-electron chi connectivity index (χ1n) is 10.2. The molecule has 0 saturated heterocycles. The molecule has 0 aromatic carbocycles. The summed E-state index contributed by atoms with van der Waals surface area (Å²) in [6, 6.07) is 0. The van der Waals surface area contributed by atoms with Crippen molar-refractivity contribution in [1.82, 2.24) is 10.6 Å². The molecule has 178 valence electrons. The number of nitrogens with one attached hydrogen (secondary N) is 2. The quantitative estimate of drug-likeness (QED) is 0.108. The predicted molar refractivity (Wildman–Crippen MR) is 126 cm³/mol. The molecule has 1 amide bonds. The van der Waals surface area contributed by atoms with Crippen molar-refractivity contribution >= 4 is 39.4 Å². The third-order valence-corrected chi connectivity index (χ3v) is 5.69. The number of hydrogen-bond acceptors (Lipinski definition) is 9. The van der Waals surface area contributed by atoms with Gasteiger partial charge in [-0.15, -0.1) is 0 Å². The Labute approximate surface area is 193 Å². The summed E-state index contributed by atoms with van der Waals surface area (Å²) < 4.78 is 15.0. The molecule has 0 radical (unpaired) electrons. The molecule has 0 atom stereocenters. The fourth-order valence-corrected chi connectivity index (χ4v) is 3.75. The summed E-state index contributed by atoms with van der Waals surface area (Å²) in [4.78, 5) is 34.1. The number of amides is 1. The maximum Gasteiger partial charge on any atom is 0.332 e. The smallest absolute Gasteiger partial charge is 0.332 e. The Hall–Kier alpha value is -1.81. The summed E-state index contributed by atoms with van der Waals surface area (Å²) in [5.41, 5.74) is -0.485. The zero-order valence-corrected chi connectivity index (χ0v) is 20.6. The Balaban J connectivity index is 3.46. The lowest BCUT2D eigenvalue weighted by Gasteiger charge is -2.17. The number of unbranched alkanes of at least 4 members (excludes halogenated alkanes) is 1. The number of rotatable bonds is 17. The van der Waals surface area contributed by atoms with Crippen LogP contribution in [0.3, 0.4) is 0 Å². The van der Waals surface area contributed by atoms with Gasteiger partial charge in [0.05, 0.1) is 20.0 Å². The second-order valence-corrected chi connectivity index (χ2v) is 10.00. The van der Waals surface area contributed by atoms with E-state index < -0.39 is 5.60 Å².